The van der Waals surface area contributed by atoms with Crippen LogP contribution in [0.25, 0.3) is 17.0 Å². The topological polar surface area (TPSA) is 178 Å². The van der Waals surface area contributed by atoms with Crippen LogP contribution in [-0.2, 0) is 11.3 Å². The summed E-state index contributed by atoms with van der Waals surface area (Å²) in [5.41, 5.74) is 1.31. The number of rotatable bonds is 4. The summed E-state index contributed by atoms with van der Waals surface area (Å²) in [4.78, 5) is 64.4. The highest BCUT2D eigenvalue weighted by molar-refractivity contribution is 5.97. The lowest BCUT2D eigenvalue weighted by Gasteiger charge is -2.26. The van der Waals surface area contributed by atoms with E-state index in [9.17, 15) is 19.2 Å². The monoisotopic (exact) mass is 667 g/mol. The second-order valence-corrected chi connectivity index (χ2v) is 12.0. The Morgan fingerprint density at radius 3 is 2.59 bits per heavy atom. The zero-order valence-electron chi connectivity index (χ0n) is 27.6. The van der Waals surface area contributed by atoms with Crippen LogP contribution in [0, 0.1) is 12.8 Å². The molecular weight excluding hydrogens is 630 g/mol. The first-order chi connectivity index (χ1) is 23.6. The maximum Gasteiger partial charge on any atom is 0.285 e. The van der Waals surface area contributed by atoms with Crippen LogP contribution in [0.15, 0.2) is 65.6 Å². The molecule has 3 N–H and O–H groups in total. The molecule has 15 heteroatoms. The average molecular weight is 668 g/mol. The molecule has 0 unspecified atom stereocenters. The van der Waals surface area contributed by atoms with E-state index in [1.54, 1.807) is 35.9 Å². The molecule has 49 heavy (non-hydrogen) atoms. The van der Waals surface area contributed by atoms with Crippen LogP contribution < -0.4 is 25.7 Å². The minimum atomic E-state index is -0.711. The number of carbonyl (C=O) groups excluding carboxylic acids is 3. The number of fused-ring (bicyclic) bond motifs is 4. The maximum atomic E-state index is 13.9. The van der Waals surface area contributed by atoms with Crippen molar-refractivity contribution in [3.63, 3.8) is 0 Å². The smallest absolute Gasteiger partial charge is 0.285 e. The second-order valence-electron chi connectivity index (χ2n) is 12.0. The molecule has 6 rings (SSSR count). The fraction of sp³-hybridized carbons (Fsp3) is 0.324. The molecule has 3 amide bonds. The normalized spacial score (nSPS) is 16.0. The Labute approximate surface area is 281 Å². The molecular formula is C34H37N9O6. The largest absolute Gasteiger partial charge is 0.493 e. The summed E-state index contributed by atoms with van der Waals surface area (Å²) in [7, 11) is 1.51. The first kappa shape index (κ1) is 32.9. The van der Waals surface area contributed by atoms with Gasteiger partial charge in [-0.25, -0.2) is 19.2 Å². The Morgan fingerprint density at radius 1 is 1.04 bits per heavy atom. The highest BCUT2D eigenvalue weighted by Crippen LogP contribution is 2.29. The Balaban J connectivity index is 1.38. The number of aromatic amines is 1. The predicted molar refractivity (Wildman–Crippen MR) is 178 cm³/mol. The number of H-pyrrole nitrogens is 1. The Morgan fingerprint density at radius 2 is 1.84 bits per heavy atom. The molecule has 254 valence electrons. The lowest BCUT2D eigenvalue weighted by atomic mass is 10.0. The van der Waals surface area contributed by atoms with Crippen LogP contribution in [0.1, 0.15) is 52.1 Å². The number of aryl methyl sites for hydroxylation is 1. The summed E-state index contributed by atoms with van der Waals surface area (Å²) >= 11 is 0. The van der Waals surface area contributed by atoms with Crippen LogP contribution in [0.4, 0.5) is 0 Å². The van der Waals surface area contributed by atoms with E-state index >= 15 is 0 Å². The number of nitrogens with zero attached hydrogens (tertiary/aromatic N) is 6. The Kier molecular flexibility index (Phi) is 9.42. The molecule has 0 aliphatic carbocycles. The van der Waals surface area contributed by atoms with Gasteiger partial charge >= 0.3 is 0 Å². The number of aromatic nitrogens is 6. The summed E-state index contributed by atoms with van der Waals surface area (Å²) in [6.45, 7) is 5.57. The number of benzene rings is 2. The molecule has 0 saturated carbocycles. The van der Waals surface area contributed by atoms with E-state index in [1.165, 1.54) is 22.7 Å². The van der Waals surface area contributed by atoms with E-state index in [-0.39, 0.29) is 37.7 Å². The molecule has 1 aliphatic rings. The summed E-state index contributed by atoms with van der Waals surface area (Å²) in [5.74, 6) is 0.0136. The van der Waals surface area contributed by atoms with Gasteiger partial charge in [-0.1, -0.05) is 44.2 Å². The number of amides is 3. The van der Waals surface area contributed by atoms with Gasteiger partial charge in [-0.3, -0.25) is 24.3 Å². The van der Waals surface area contributed by atoms with Gasteiger partial charge in [0.15, 0.2) is 28.8 Å². The third kappa shape index (κ3) is 7.00. The first-order valence-electron chi connectivity index (χ1n) is 15.9. The van der Waals surface area contributed by atoms with Crippen LogP contribution >= 0.6 is 0 Å². The number of hydrogen-bond donors (Lipinski definition) is 3. The standard InChI is InChI=1S/C34H37N9O6/c1-20(2)29-31-38-30(22-8-6-5-7-9-22)40-42(31)14-15-49-26-17-23(10-11-25(26)48-4)32(45)35-12-13-41(19-28(44)37-29)33(46)24-18-36-27-16-21(3)39-43(27)34(24)47/h5-11,16-18,20,29,39H,12-15,19H2,1-4H3,(H,35,45)(H,37,44)/t29-/m1/s1. The highest BCUT2D eigenvalue weighted by Gasteiger charge is 2.29. The van der Waals surface area contributed by atoms with Crippen molar-refractivity contribution in [2.75, 3.05) is 33.4 Å². The molecule has 1 aliphatic heterocycles. The number of carbonyl (C=O) groups is 3. The molecule has 0 fully saturated rings. The van der Waals surface area contributed by atoms with Gasteiger partial charge in [0.2, 0.25) is 5.91 Å². The minimum Gasteiger partial charge on any atom is -0.493 e. The second kappa shape index (κ2) is 14.0. The zero-order valence-corrected chi connectivity index (χ0v) is 27.6. The van der Waals surface area contributed by atoms with E-state index in [1.807, 2.05) is 44.2 Å². The van der Waals surface area contributed by atoms with E-state index in [0.717, 1.165) is 5.56 Å². The van der Waals surface area contributed by atoms with Crippen molar-refractivity contribution in [2.45, 2.75) is 33.4 Å². The number of ether oxygens (including phenoxy) is 2. The van der Waals surface area contributed by atoms with Crippen LogP contribution in [0.3, 0.4) is 0 Å². The van der Waals surface area contributed by atoms with Crippen molar-refractivity contribution in [1.29, 1.82) is 0 Å². The van der Waals surface area contributed by atoms with Gasteiger partial charge in [-0.15, -0.1) is 0 Å². The number of methoxy groups -OCH3 is 1. The van der Waals surface area contributed by atoms with Crippen LogP contribution in [0.5, 0.6) is 11.5 Å². The van der Waals surface area contributed by atoms with Gasteiger partial charge in [-0.05, 0) is 31.0 Å². The zero-order chi connectivity index (χ0) is 34.7. The lowest BCUT2D eigenvalue weighted by molar-refractivity contribution is -0.123. The molecule has 0 spiro atoms. The van der Waals surface area contributed by atoms with Crippen LogP contribution in [0.2, 0.25) is 0 Å². The fourth-order valence-corrected chi connectivity index (χ4v) is 5.61. The van der Waals surface area contributed by atoms with Crippen molar-refractivity contribution in [3.8, 4) is 22.9 Å². The van der Waals surface area contributed by atoms with E-state index in [4.69, 9.17) is 19.6 Å². The highest BCUT2D eigenvalue weighted by atomic mass is 16.5. The van der Waals surface area contributed by atoms with Gasteiger partial charge in [0, 0.05) is 42.2 Å². The van der Waals surface area contributed by atoms with Crippen molar-refractivity contribution < 1.29 is 23.9 Å². The lowest BCUT2D eigenvalue weighted by Crippen LogP contribution is -2.47. The third-order valence-electron chi connectivity index (χ3n) is 8.12. The molecule has 15 nitrogen and oxygen atoms in total. The maximum absolute atomic E-state index is 13.9. The van der Waals surface area contributed by atoms with Crippen LogP contribution in [-0.4, -0.2) is 85.3 Å². The van der Waals surface area contributed by atoms with Crippen molar-refractivity contribution in [3.05, 3.63) is 93.8 Å². The average Bonchev–Trinajstić information content (AvgIpc) is 3.70. The summed E-state index contributed by atoms with van der Waals surface area (Å²) in [6, 6.07) is 15.4. The number of hydrogen-bond acceptors (Lipinski definition) is 9. The van der Waals surface area contributed by atoms with Gasteiger partial charge in [0.1, 0.15) is 12.2 Å². The SMILES string of the molecule is COc1ccc2cc1OCCn1nc(-c3ccccc3)nc1[C@@H](C(C)C)NC(=O)CN(C(=O)c1cnc3cc(C)[nH]n3c1=O)CCNC2=O. The fourth-order valence-electron chi connectivity index (χ4n) is 5.61. The summed E-state index contributed by atoms with van der Waals surface area (Å²) in [6.07, 6.45) is 1.20. The quantitative estimate of drug-likeness (QED) is 0.260. The molecule has 3 aromatic heterocycles. The van der Waals surface area contributed by atoms with Crippen molar-refractivity contribution in [1.82, 2.24) is 44.9 Å². The van der Waals surface area contributed by atoms with Gasteiger partial charge < -0.3 is 25.0 Å². The molecule has 4 heterocycles. The van der Waals surface area contributed by atoms with Crippen molar-refractivity contribution >= 4 is 23.4 Å². The molecule has 2 bridgehead atoms. The van der Waals surface area contributed by atoms with E-state index < -0.39 is 35.9 Å². The molecule has 0 saturated heterocycles. The van der Waals surface area contributed by atoms with E-state index in [2.05, 4.69) is 20.7 Å². The van der Waals surface area contributed by atoms with Gasteiger partial charge in [0.05, 0.1) is 26.2 Å². The van der Waals surface area contributed by atoms with Gasteiger partial charge in [0.25, 0.3) is 17.4 Å². The molecule has 2 aromatic carbocycles. The third-order valence-corrected chi connectivity index (χ3v) is 8.12. The Bertz CT molecular complexity index is 2070. The minimum absolute atomic E-state index is 0.0128. The Hall–Kier alpha value is -5.99. The van der Waals surface area contributed by atoms with Crippen molar-refractivity contribution in [2.24, 2.45) is 5.92 Å². The molecule has 1 atom stereocenters. The van der Waals surface area contributed by atoms with E-state index in [0.29, 0.717) is 40.1 Å². The predicted octanol–water partition coefficient (Wildman–Crippen LogP) is 2.38. The summed E-state index contributed by atoms with van der Waals surface area (Å²) in [5, 5.41) is 13.5. The molecule has 0 radical (unpaired) electrons. The number of nitrogens with one attached hydrogen (secondary N) is 3. The molecule has 5 aromatic rings. The summed E-state index contributed by atoms with van der Waals surface area (Å²) < 4.78 is 14.4. The first-order valence-corrected chi connectivity index (χ1v) is 15.9. The van der Waals surface area contributed by atoms with Gasteiger partial charge in [-0.2, -0.15) is 5.10 Å².